The largest absolute Gasteiger partial charge is 0.506 e. The van der Waals surface area contributed by atoms with Crippen LogP contribution in [0.3, 0.4) is 0 Å². The molecule has 2 rings (SSSR count). The Morgan fingerprint density at radius 1 is 1.53 bits per heavy atom. The van der Waals surface area contributed by atoms with Crippen LogP contribution in [0.25, 0.3) is 10.3 Å². The first-order chi connectivity index (χ1) is 8.70. The highest BCUT2D eigenvalue weighted by Crippen LogP contribution is 2.31. The molecule has 0 amide bonds. The third kappa shape index (κ3) is 2.59. The highest BCUT2D eigenvalue weighted by Gasteiger charge is 2.20. The third-order valence-electron chi connectivity index (χ3n) is 2.24. The standard InChI is InChI=1S/C9H8F2N2O4S2/c1-19(16,17)9-12-8-7(18-9)4(14)2-6(15)13(8)3-5(10)11/h2,5,14H,3H2,1H3. The lowest BCUT2D eigenvalue weighted by Gasteiger charge is -2.05. The van der Waals surface area contributed by atoms with E-state index in [0.717, 1.165) is 12.3 Å². The van der Waals surface area contributed by atoms with Crippen molar-refractivity contribution in [1.29, 1.82) is 0 Å². The molecule has 0 spiro atoms. The second-order valence-electron chi connectivity index (χ2n) is 3.77. The number of aromatic nitrogens is 2. The molecule has 0 aliphatic rings. The molecule has 0 bridgehead atoms. The van der Waals surface area contributed by atoms with Crippen molar-refractivity contribution in [2.45, 2.75) is 17.3 Å². The summed E-state index contributed by atoms with van der Waals surface area (Å²) in [7, 11) is -3.65. The van der Waals surface area contributed by atoms with Crippen LogP contribution < -0.4 is 5.56 Å². The summed E-state index contributed by atoms with van der Waals surface area (Å²) >= 11 is 0.627. The fraction of sp³-hybridized carbons (Fsp3) is 0.333. The minimum atomic E-state index is -3.65. The van der Waals surface area contributed by atoms with Gasteiger partial charge in [-0.25, -0.2) is 22.2 Å². The van der Waals surface area contributed by atoms with E-state index in [9.17, 15) is 27.1 Å². The van der Waals surface area contributed by atoms with Gasteiger partial charge >= 0.3 is 0 Å². The van der Waals surface area contributed by atoms with Gasteiger partial charge in [-0.3, -0.25) is 9.36 Å². The van der Waals surface area contributed by atoms with Gasteiger partial charge in [0.25, 0.3) is 12.0 Å². The Bertz CT molecular complexity index is 794. The van der Waals surface area contributed by atoms with Gasteiger partial charge in [0.1, 0.15) is 10.4 Å². The van der Waals surface area contributed by atoms with Crippen LogP contribution in [0.15, 0.2) is 15.2 Å². The van der Waals surface area contributed by atoms with Gasteiger partial charge < -0.3 is 5.11 Å². The van der Waals surface area contributed by atoms with E-state index in [0.29, 0.717) is 15.9 Å². The highest BCUT2D eigenvalue weighted by atomic mass is 32.2. The van der Waals surface area contributed by atoms with Gasteiger partial charge in [-0.15, -0.1) is 0 Å². The second-order valence-corrected chi connectivity index (χ2v) is 6.96. The smallest absolute Gasteiger partial charge is 0.256 e. The molecule has 0 fully saturated rings. The first kappa shape index (κ1) is 13.9. The maximum Gasteiger partial charge on any atom is 0.256 e. The molecule has 1 N–H and O–H groups in total. The third-order valence-corrected chi connectivity index (χ3v) is 4.99. The van der Waals surface area contributed by atoms with E-state index in [1.165, 1.54) is 0 Å². The van der Waals surface area contributed by atoms with Crippen molar-refractivity contribution in [3.05, 3.63) is 16.4 Å². The zero-order valence-corrected chi connectivity index (χ0v) is 11.1. The van der Waals surface area contributed by atoms with Crippen LogP contribution in [0.2, 0.25) is 0 Å². The minimum absolute atomic E-state index is 0.0133. The minimum Gasteiger partial charge on any atom is -0.506 e. The summed E-state index contributed by atoms with van der Waals surface area (Å²) in [5, 5.41) is 9.56. The van der Waals surface area contributed by atoms with Crippen molar-refractivity contribution in [3.8, 4) is 5.75 Å². The molecule has 0 saturated carbocycles. The molecule has 104 valence electrons. The van der Waals surface area contributed by atoms with Crippen molar-refractivity contribution >= 4 is 31.5 Å². The molecule has 10 heteroatoms. The maximum absolute atomic E-state index is 12.4. The van der Waals surface area contributed by atoms with Gasteiger partial charge in [-0.1, -0.05) is 11.3 Å². The fourth-order valence-corrected chi connectivity index (χ4v) is 3.31. The van der Waals surface area contributed by atoms with Crippen LogP contribution in [-0.2, 0) is 16.4 Å². The summed E-state index contributed by atoms with van der Waals surface area (Å²) < 4.78 is 47.8. The number of pyridine rings is 1. The summed E-state index contributed by atoms with van der Waals surface area (Å²) in [5.74, 6) is -0.474. The number of hydrogen-bond donors (Lipinski definition) is 1. The predicted octanol–water partition coefficient (Wildman–Crippen LogP) is 0.832. The molecule has 0 saturated heterocycles. The monoisotopic (exact) mass is 310 g/mol. The number of aromatic hydroxyl groups is 1. The zero-order valence-electron chi connectivity index (χ0n) is 9.50. The van der Waals surface area contributed by atoms with Crippen LogP contribution in [0, 0.1) is 0 Å². The van der Waals surface area contributed by atoms with Gasteiger partial charge in [0.15, 0.2) is 5.65 Å². The Labute approximate surface area is 109 Å². The number of nitrogens with zero attached hydrogens (tertiary/aromatic N) is 2. The topological polar surface area (TPSA) is 89.3 Å². The molecule has 0 radical (unpaired) electrons. The van der Waals surface area contributed by atoms with Crippen molar-refractivity contribution in [2.24, 2.45) is 0 Å². The summed E-state index contributed by atoms with van der Waals surface area (Å²) in [6.45, 7) is -0.914. The molecular weight excluding hydrogens is 302 g/mol. The van der Waals surface area contributed by atoms with Gasteiger partial charge in [0.05, 0.1) is 6.54 Å². The lowest BCUT2D eigenvalue weighted by atomic mass is 10.4. The van der Waals surface area contributed by atoms with Gasteiger partial charge in [0.2, 0.25) is 14.2 Å². The SMILES string of the molecule is CS(=O)(=O)c1nc2c(s1)c(O)cc(=O)n2CC(F)F. The maximum atomic E-state index is 12.4. The fourth-order valence-electron chi connectivity index (χ4n) is 1.48. The van der Waals surface area contributed by atoms with E-state index in [4.69, 9.17) is 0 Å². The molecule has 6 nitrogen and oxygen atoms in total. The van der Waals surface area contributed by atoms with E-state index in [1.807, 2.05) is 0 Å². The molecule has 2 heterocycles. The number of halogens is 2. The molecular formula is C9H8F2N2O4S2. The van der Waals surface area contributed by atoms with Crippen LogP contribution in [-0.4, -0.2) is 35.8 Å². The second kappa shape index (κ2) is 4.53. The van der Waals surface area contributed by atoms with Crippen molar-refractivity contribution in [3.63, 3.8) is 0 Å². The molecule has 0 unspecified atom stereocenters. The number of rotatable bonds is 3. The Kier molecular flexibility index (Phi) is 3.31. The van der Waals surface area contributed by atoms with E-state index < -0.39 is 34.1 Å². The van der Waals surface area contributed by atoms with Gasteiger partial charge in [0, 0.05) is 12.3 Å². The van der Waals surface area contributed by atoms with Crippen LogP contribution in [0.1, 0.15) is 0 Å². The molecule has 0 aliphatic heterocycles. The average molecular weight is 310 g/mol. The Morgan fingerprint density at radius 2 is 2.16 bits per heavy atom. The predicted molar refractivity (Wildman–Crippen MR) is 64.7 cm³/mol. The number of alkyl halides is 2. The summed E-state index contributed by atoms with van der Waals surface area (Å²) in [4.78, 5) is 15.2. The van der Waals surface area contributed by atoms with Crippen molar-refractivity contribution in [2.75, 3.05) is 6.26 Å². The Hall–Kier alpha value is -1.55. The van der Waals surface area contributed by atoms with Crippen LogP contribution in [0.4, 0.5) is 8.78 Å². The van der Waals surface area contributed by atoms with Gasteiger partial charge in [-0.2, -0.15) is 0 Å². The number of sulfone groups is 1. The quantitative estimate of drug-likeness (QED) is 0.907. The lowest BCUT2D eigenvalue weighted by molar-refractivity contribution is 0.126. The molecule has 0 aromatic carbocycles. The average Bonchev–Trinajstić information content (AvgIpc) is 2.68. The van der Waals surface area contributed by atoms with Crippen LogP contribution in [0.5, 0.6) is 5.75 Å². The normalized spacial score (nSPS) is 12.4. The molecule has 2 aromatic heterocycles. The summed E-state index contributed by atoms with van der Waals surface area (Å²) in [5.41, 5.74) is -1.12. The van der Waals surface area contributed by atoms with Crippen LogP contribution >= 0.6 is 11.3 Å². The van der Waals surface area contributed by atoms with Crippen molar-refractivity contribution < 1.29 is 22.3 Å². The molecule has 19 heavy (non-hydrogen) atoms. The number of fused-ring (bicyclic) bond motifs is 1. The molecule has 0 aliphatic carbocycles. The number of hydrogen-bond acceptors (Lipinski definition) is 6. The first-order valence-electron chi connectivity index (χ1n) is 4.91. The van der Waals surface area contributed by atoms with E-state index in [1.54, 1.807) is 0 Å². The van der Waals surface area contributed by atoms with E-state index in [2.05, 4.69) is 4.98 Å². The summed E-state index contributed by atoms with van der Waals surface area (Å²) in [6, 6.07) is 0.759. The van der Waals surface area contributed by atoms with Crippen molar-refractivity contribution in [1.82, 2.24) is 9.55 Å². The van der Waals surface area contributed by atoms with E-state index >= 15 is 0 Å². The zero-order chi connectivity index (χ0) is 14.4. The lowest BCUT2D eigenvalue weighted by Crippen LogP contribution is -2.23. The number of thiazole rings is 1. The van der Waals surface area contributed by atoms with Gasteiger partial charge in [-0.05, 0) is 0 Å². The Morgan fingerprint density at radius 3 is 2.68 bits per heavy atom. The summed E-state index contributed by atoms with van der Waals surface area (Å²) in [6.07, 6.45) is -1.90. The highest BCUT2D eigenvalue weighted by molar-refractivity contribution is 7.92. The first-order valence-corrected chi connectivity index (χ1v) is 7.62. The van der Waals surface area contributed by atoms with E-state index in [-0.39, 0.29) is 14.7 Å². The Balaban J connectivity index is 2.82. The molecule has 2 aromatic rings. The molecule has 0 atom stereocenters.